The predicted octanol–water partition coefficient (Wildman–Crippen LogP) is 4.42. The van der Waals surface area contributed by atoms with Gasteiger partial charge in [-0.3, -0.25) is 4.79 Å². The summed E-state index contributed by atoms with van der Waals surface area (Å²) >= 11 is 0. The number of hydrogen-bond donors (Lipinski definition) is 1. The van der Waals surface area contributed by atoms with Gasteiger partial charge in [-0.2, -0.15) is 0 Å². The fourth-order valence-electron chi connectivity index (χ4n) is 7.63. The molecule has 3 heteroatoms. The first kappa shape index (κ1) is 17.8. The van der Waals surface area contributed by atoms with Crippen molar-refractivity contribution in [3.8, 4) is 0 Å². The average Bonchev–Trinajstić information content (AvgIpc) is 2.99. The van der Waals surface area contributed by atoms with Gasteiger partial charge in [0, 0.05) is 12.3 Å². The van der Waals surface area contributed by atoms with Crippen LogP contribution in [0, 0.1) is 45.8 Å². The van der Waals surface area contributed by atoms with Gasteiger partial charge in [0.05, 0.1) is 6.10 Å². The van der Waals surface area contributed by atoms with E-state index in [1.54, 1.807) is 6.92 Å². The zero-order valence-electron chi connectivity index (χ0n) is 16.8. The van der Waals surface area contributed by atoms with E-state index in [2.05, 4.69) is 34.6 Å². The third-order valence-electron chi connectivity index (χ3n) is 9.17. The highest BCUT2D eigenvalue weighted by molar-refractivity contribution is 5.66. The lowest BCUT2D eigenvalue weighted by Crippen LogP contribution is -2.61. The van der Waals surface area contributed by atoms with Crippen LogP contribution in [0.4, 0.5) is 0 Å². The van der Waals surface area contributed by atoms with Crippen LogP contribution >= 0.6 is 0 Å². The molecule has 142 valence electrons. The van der Waals surface area contributed by atoms with Crippen molar-refractivity contribution < 1.29 is 14.6 Å². The molecule has 4 rings (SSSR count). The first-order chi connectivity index (χ1) is 11.5. The maximum absolute atomic E-state index is 11.8. The summed E-state index contributed by atoms with van der Waals surface area (Å²) in [6.07, 6.45) is 5.44. The van der Waals surface area contributed by atoms with Crippen LogP contribution in [0.1, 0.15) is 73.6 Å². The normalized spacial score (nSPS) is 56.8. The van der Waals surface area contributed by atoms with Crippen LogP contribution in [-0.4, -0.2) is 23.3 Å². The zero-order chi connectivity index (χ0) is 18.4. The summed E-state index contributed by atoms with van der Waals surface area (Å²) in [6.45, 7) is 13.2. The summed E-state index contributed by atoms with van der Waals surface area (Å²) < 4.78 is 5.94. The number of aliphatic hydroxyl groups excluding tert-OH is 1. The summed E-state index contributed by atoms with van der Waals surface area (Å²) in [5, 5.41) is 11.5. The van der Waals surface area contributed by atoms with Gasteiger partial charge in [-0.05, 0) is 72.5 Å². The Kier molecular flexibility index (Phi) is 3.74. The van der Waals surface area contributed by atoms with Crippen molar-refractivity contribution in [2.24, 2.45) is 45.8 Å². The number of fused-ring (bicyclic) bond motifs is 4. The van der Waals surface area contributed by atoms with E-state index in [-0.39, 0.29) is 34.4 Å². The van der Waals surface area contributed by atoms with E-state index >= 15 is 0 Å². The molecule has 25 heavy (non-hydrogen) atoms. The van der Waals surface area contributed by atoms with Crippen LogP contribution in [-0.2, 0) is 9.53 Å². The molecule has 1 N–H and O–H groups in total. The summed E-state index contributed by atoms with van der Waals surface area (Å²) in [4.78, 5) is 11.8. The molecule has 0 bridgehead atoms. The molecule has 0 saturated heterocycles. The van der Waals surface area contributed by atoms with Crippen LogP contribution in [0.15, 0.2) is 0 Å². The monoisotopic (exact) mass is 348 g/mol. The predicted molar refractivity (Wildman–Crippen MR) is 97.8 cm³/mol. The molecule has 0 aliphatic heterocycles. The molecule has 4 aliphatic rings. The third-order valence-corrected chi connectivity index (χ3v) is 9.17. The number of carbonyl (C=O) groups excluding carboxylic acids is 1. The number of ether oxygens (including phenoxy) is 1. The van der Waals surface area contributed by atoms with E-state index < -0.39 is 0 Å². The second-order valence-electron chi connectivity index (χ2n) is 11.0. The van der Waals surface area contributed by atoms with Crippen LogP contribution in [0.3, 0.4) is 0 Å². The van der Waals surface area contributed by atoms with E-state index in [0.717, 1.165) is 12.8 Å². The highest BCUT2D eigenvalue weighted by Crippen LogP contribution is 2.74. The lowest BCUT2D eigenvalue weighted by atomic mass is 9.46. The molecule has 3 nitrogen and oxygen atoms in total. The molecule has 9 atom stereocenters. The Morgan fingerprint density at radius 3 is 2.36 bits per heavy atom. The van der Waals surface area contributed by atoms with Gasteiger partial charge >= 0.3 is 5.97 Å². The standard InChI is InChI=1S/C22H36O3/c1-12(2)15-7-8-21(5)16(25-13(3)23)11-20(4)9-14-10-22(14,6)19(24)18(20)17(15)21/h12,14-19,24H,7-11H2,1-6H3/t14-,15-,16+,17-,18-,19-,20+,21+,22+/m0/s1. The fourth-order valence-corrected chi connectivity index (χ4v) is 7.63. The quantitative estimate of drug-likeness (QED) is 0.751. The molecule has 0 spiro atoms. The Bertz CT molecular complexity index is 586. The first-order valence-electron chi connectivity index (χ1n) is 10.4. The highest BCUT2D eigenvalue weighted by atomic mass is 16.5. The largest absolute Gasteiger partial charge is 0.462 e. The number of aliphatic hydroxyl groups is 1. The van der Waals surface area contributed by atoms with Crippen molar-refractivity contribution >= 4 is 5.97 Å². The van der Waals surface area contributed by atoms with Crippen molar-refractivity contribution in [2.45, 2.75) is 85.9 Å². The molecule has 0 radical (unpaired) electrons. The van der Waals surface area contributed by atoms with E-state index in [4.69, 9.17) is 4.74 Å². The second kappa shape index (κ2) is 5.24. The van der Waals surface area contributed by atoms with Crippen molar-refractivity contribution in [3.05, 3.63) is 0 Å². The molecule has 0 amide bonds. The van der Waals surface area contributed by atoms with E-state index in [1.807, 2.05) is 0 Å². The Morgan fingerprint density at radius 1 is 1.08 bits per heavy atom. The average molecular weight is 349 g/mol. The molecule has 0 aromatic heterocycles. The van der Waals surface area contributed by atoms with Crippen LogP contribution in [0.25, 0.3) is 0 Å². The second-order valence-corrected chi connectivity index (χ2v) is 11.0. The third kappa shape index (κ3) is 2.30. The van der Waals surface area contributed by atoms with Crippen LogP contribution in [0.2, 0.25) is 0 Å². The van der Waals surface area contributed by atoms with Gasteiger partial charge in [0.25, 0.3) is 0 Å². The molecule has 4 saturated carbocycles. The summed E-state index contributed by atoms with van der Waals surface area (Å²) in [6, 6.07) is 0. The summed E-state index contributed by atoms with van der Waals surface area (Å²) in [5.41, 5.74) is 0.259. The van der Waals surface area contributed by atoms with E-state index in [0.29, 0.717) is 29.6 Å². The molecule has 4 aliphatic carbocycles. The Balaban J connectivity index is 1.78. The molecular weight excluding hydrogens is 312 g/mol. The van der Waals surface area contributed by atoms with Crippen LogP contribution < -0.4 is 0 Å². The SMILES string of the molecule is CC(=O)O[C@@H]1C[C@@]2(C)C[C@H]3C[C@@]3(C)[C@@H](O)[C@@H]2[C@@H]2[C@H](C(C)C)CC[C@@]21C. The van der Waals surface area contributed by atoms with Gasteiger partial charge in [-0.25, -0.2) is 0 Å². The minimum Gasteiger partial charge on any atom is -0.462 e. The Hall–Kier alpha value is -0.570. The van der Waals surface area contributed by atoms with Gasteiger partial charge in [0.2, 0.25) is 0 Å². The van der Waals surface area contributed by atoms with Gasteiger partial charge < -0.3 is 9.84 Å². The maximum Gasteiger partial charge on any atom is 0.302 e. The number of hydrogen-bond acceptors (Lipinski definition) is 3. The maximum atomic E-state index is 11.8. The molecule has 0 heterocycles. The number of rotatable bonds is 2. The van der Waals surface area contributed by atoms with Gasteiger partial charge in [0.1, 0.15) is 6.10 Å². The topological polar surface area (TPSA) is 46.5 Å². The highest BCUT2D eigenvalue weighted by Gasteiger charge is 2.72. The number of carbonyl (C=O) groups is 1. The minimum absolute atomic E-state index is 0.00954. The number of esters is 1. The Labute approximate surface area is 152 Å². The fraction of sp³-hybridized carbons (Fsp3) is 0.955. The Morgan fingerprint density at radius 2 is 1.76 bits per heavy atom. The lowest BCUT2D eigenvalue weighted by Gasteiger charge is -2.61. The molecule has 0 aromatic carbocycles. The molecular formula is C22H36O3. The van der Waals surface area contributed by atoms with Gasteiger partial charge in [-0.15, -0.1) is 0 Å². The minimum atomic E-state index is -0.196. The van der Waals surface area contributed by atoms with Gasteiger partial charge in [-0.1, -0.05) is 34.6 Å². The van der Waals surface area contributed by atoms with Crippen molar-refractivity contribution in [2.75, 3.05) is 0 Å². The van der Waals surface area contributed by atoms with Crippen molar-refractivity contribution in [1.82, 2.24) is 0 Å². The molecule has 0 unspecified atom stereocenters. The first-order valence-corrected chi connectivity index (χ1v) is 10.4. The van der Waals surface area contributed by atoms with Crippen LogP contribution in [0.5, 0.6) is 0 Å². The lowest BCUT2D eigenvalue weighted by molar-refractivity contribution is -0.205. The zero-order valence-corrected chi connectivity index (χ0v) is 16.8. The summed E-state index contributed by atoms with van der Waals surface area (Å²) in [7, 11) is 0. The smallest absolute Gasteiger partial charge is 0.302 e. The van der Waals surface area contributed by atoms with Gasteiger partial charge in [0.15, 0.2) is 0 Å². The molecule has 0 aromatic rings. The summed E-state index contributed by atoms with van der Waals surface area (Å²) in [5.74, 6) is 2.56. The van der Waals surface area contributed by atoms with Crippen molar-refractivity contribution in [3.63, 3.8) is 0 Å². The van der Waals surface area contributed by atoms with E-state index in [1.165, 1.54) is 19.3 Å². The van der Waals surface area contributed by atoms with E-state index in [9.17, 15) is 9.90 Å². The molecule has 4 fully saturated rings. The van der Waals surface area contributed by atoms with Crippen molar-refractivity contribution in [1.29, 1.82) is 0 Å².